The maximum Gasteiger partial charge on any atom is 0.301 e. The van der Waals surface area contributed by atoms with Gasteiger partial charge in [-0.05, 0) is 44.0 Å². The van der Waals surface area contributed by atoms with Gasteiger partial charge in [0.1, 0.15) is 17.4 Å². The smallest absolute Gasteiger partial charge is 0.301 e. The van der Waals surface area contributed by atoms with Crippen LogP contribution < -0.4 is 14.4 Å². The predicted molar refractivity (Wildman–Crippen MR) is 149 cm³/mol. The molecule has 1 aliphatic rings. The highest BCUT2D eigenvalue weighted by molar-refractivity contribution is 7.15. The van der Waals surface area contributed by atoms with Crippen molar-refractivity contribution < 1.29 is 24.2 Å². The summed E-state index contributed by atoms with van der Waals surface area (Å²) in [5.74, 6) is -0.864. The van der Waals surface area contributed by atoms with Crippen LogP contribution in [0.4, 0.5) is 5.13 Å². The van der Waals surface area contributed by atoms with E-state index >= 15 is 0 Å². The van der Waals surface area contributed by atoms with E-state index in [1.54, 1.807) is 37.3 Å². The van der Waals surface area contributed by atoms with Crippen molar-refractivity contribution in [3.63, 3.8) is 0 Å². The molecule has 1 amide bonds. The van der Waals surface area contributed by atoms with Crippen LogP contribution in [-0.4, -0.2) is 33.6 Å². The number of aromatic nitrogens is 2. The molecule has 1 unspecified atom stereocenters. The van der Waals surface area contributed by atoms with Gasteiger partial charge in [0.25, 0.3) is 5.78 Å². The summed E-state index contributed by atoms with van der Waals surface area (Å²) in [7, 11) is 0. The van der Waals surface area contributed by atoms with Crippen molar-refractivity contribution in [1.82, 2.24) is 10.2 Å². The van der Waals surface area contributed by atoms with E-state index in [0.29, 0.717) is 40.8 Å². The lowest BCUT2D eigenvalue weighted by atomic mass is 9.95. The lowest BCUT2D eigenvalue weighted by Crippen LogP contribution is -2.29. The fraction of sp³-hybridized carbons (Fsp3) is 0.200. The molecule has 8 nitrogen and oxygen atoms in total. The third-order valence-corrected chi connectivity index (χ3v) is 7.15. The van der Waals surface area contributed by atoms with Crippen LogP contribution in [0.2, 0.25) is 0 Å². The third-order valence-electron chi connectivity index (χ3n) is 6.31. The maximum atomic E-state index is 13.4. The van der Waals surface area contributed by atoms with Crippen molar-refractivity contribution in [2.24, 2.45) is 0 Å². The lowest BCUT2D eigenvalue weighted by molar-refractivity contribution is -0.132. The average Bonchev–Trinajstić information content (AvgIpc) is 3.48. The molecule has 2 heterocycles. The Bertz CT molecular complexity index is 1550. The first-order chi connectivity index (χ1) is 18.9. The number of carbonyl (C=O) groups excluding carboxylic acids is 2. The van der Waals surface area contributed by atoms with Crippen LogP contribution in [0, 0.1) is 13.8 Å². The first-order valence-corrected chi connectivity index (χ1v) is 13.3. The topological polar surface area (TPSA) is 102 Å². The molecule has 1 aliphatic heterocycles. The Morgan fingerprint density at radius 1 is 0.949 bits per heavy atom. The van der Waals surface area contributed by atoms with E-state index in [9.17, 15) is 14.7 Å². The van der Waals surface area contributed by atoms with Gasteiger partial charge in [0.2, 0.25) is 5.13 Å². The Morgan fingerprint density at radius 3 is 2.36 bits per heavy atom. The number of amides is 1. The number of carbonyl (C=O) groups is 2. The number of hydrogen-bond donors (Lipinski definition) is 1. The molecule has 0 spiro atoms. The third kappa shape index (κ3) is 5.26. The minimum absolute atomic E-state index is 0.0305. The van der Waals surface area contributed by atoms with E-state index < -0.39 is 17.7 Å². The van der Waals surface area contributed by atoms with Crippen LogP contribution in [0.15, 0.2) is 78.4 Å². The first-order valence-electron chi connectivity index (χ1n) is 12.5. The van der Waals surface area contributed by atoms with Gasteiger partial charge in [-0.15, -0.1) is 10.2 Å². The summed E-state index contributed by atoms with van der Waals surface area (Å²) in [5, 5.41) is 20.4. The summed E-state index contributed by atoms with van der Waals surface area (Å²) in [5.41, 5.74) is 2.97. The van der Waals surface area contributed by atoms with Crippen LogP contribution in [0.25, 0.3) is 5.76 Å². The van der Waals surface area contributed by atoms with Crippen LogP contribution >= 0.6 is 11.3 Å². The van der Waals surface area contributed by atoms with Gasteiger partial charge < -0.3 is 14.6 Å². The molecular weight excluding hydrogens is 514 g/mol. The highest BCUT2D eigenvalue weighted by Crippen LogP contribution is 2.44. The SMILES string of the molecule is CCOc1cc(C2/C(=C(\O)c3ccc(C)cc3)C(=O)C(=O)N2c2nnc(C)s2)ccc1OCc1ccccc1. The van der Waals surface area contributed by atoms with Crippen LogP contribution in [0.5, 0.6) is 11.5 Å². The highest BCUT2D eigenvalue weighted by atomic mass is 32.1. The Balaban J connectivity index is 1.61. The molecule has 0 radical (unpaired) electrons. The molecule has 0 aliphatic carbocycles. The highest BCUT2D eigenvalue weighted by Gasteiger charge is 2.48. The first kappa shape index (κ1) is 26.1. The molecule has 9 heteroatoms. The molecule has 39 heavy (non-hydrogen) atoms. The van der Waals surface area contributed by atoms with E-state index in [0.717, 1.165) is 11.1 Å². The van der Waals surface area contributed by atoms with Gasteiger partial charge in [0, 0.05) is 5.56 Å². The number of nitrogens with zero attached hydrogens (tertiary/aromatic N) is 3. The number of ether oxygens (including phenoxy) is 2. The van der Waals surface area contributed by atoms with Crippen molar-refractivity contribution in [1.29, 1.82) is 0 Å². The predicted octanol–water partition coefficient (Wildman–Crippen LogP) is 5.76. The van der Waals surface area contributed by atoms with Crippen molar-refractivity contribution in [2.75, 3.05) is 11.5 Å². The van der Waals surface area contributed by atoms with Gasteiger partial charge in [0.15, 0.2) is 11.5 Å². The summed E-state index contributed by atoms with van der Waals surface area (Å²) in [6.07, 6.45) is 0. The molecule has 1 aromatic heterocycles. The monoisotopic (exact) mass is 541 g/mol. The minimum atomic E-state index is -0.943. The molecule has 0 bridgehead atoms. The van der Waals surface area contributed by atoms with E-state index in [1.807, 2.05) is 56.3 Å². The number of anilines is 1. The van der Waals surface area contributed by atoms with E-state index in [1.165, 1.54) is 16.2 Å². The molecule has 4 aromatic rings. The molecule has 198 valence electrons. The summed E-state index contributed by atoms with van der Waals surface area (Å²) < 4.78 is 12.0. The fourth-order valence-corrected chi connectivity index (χ4v) is 5.13. The standard InChI is InChI=1S/C30H27N3O5S/c1-4-37-24-16-22(14-15-23(24)38-17-20-8-6-5-7-9-20)26-25(27(34)21-12-10-18(2)11-13-21)28(35)29(36)33(26)30-32-31-19(3)39-30/h5-16,26,34H,4,17H2,1-3H3/b27-25+. The molecule has 1 atom stereocenters. The molecule has 1 N–H and O–H groups in total. The van der Waals surface area contributed by atoms with Crippen molar-refractivity contribution in [3.8, 4) is 11.5 Å². The number of benzene rings is 3. The Kier molecular flexibility index (Phi) is 7.42. The number of aliphatic hydroxyl groups excluding tert-OH is 1. The summed E-state index contributed by atoms with van der Waals surface area (Å²) in [6.45, 7) is 6.28. The summed E-state index contributed by atoms with van der Waals surface area (Å²) in [4.78, 5) is 28.0. The zero-order valence-electron chi connectivity index (χ0n) is 21.7. The molecule has 1 fully saturated rings. The second-order valence-corrected chi connectivity index (χ2v) is 10.2. The van der Waals surface area contributed by atoms with Gasteiger partial charge in [-0.3, -0.25) is 14.5 Å². The van der Waals surface area contributed by atoms with Crippen molar-refractivity contribution in [3.05, 3.63) is 106 Å². The number of hydrogen-bond acceptors (Lipinski definition) is 8. The summed E-state index contributed by atoms with van der Waals surface area (Å²) >= 11 is 1.19. The van der Waals surface area contributed by atoms with E-state index in [-0.39, 0.29) is 16.5 Å². The van der Waals surface area contributed by atoms with Gasteiger partial charge in [0.05, 0.1) is 18.2 Å². The van der Waals surface area contributed by atoms with Gasteiger partial charge in [-0.2, -0.15) is 0 Å². The fourth-order valence-electron chi connectivity index (χ4n) is 4.41. The van der Waals surface area contributed by atoms with Crippen LogP contribution in [0.3, 0.4) is 0 Å². The molecular formula is C30H27N3O5S. The van der Waals surface area contributed by atoms with Gasteiger partial charge in [-0.25, -0.2) is 0 Å². The molecule has 5 rings (SSSR count). The second-order valence-electron chi connectivity index (χ2n) is 9.05. The Morgan fingerprint density at radius 2 is 1.69 bits per heavy atom. The molecule has 0 saturated carbocycles. The number of ketones is 1. The zero-order chi connectivity index (χ0) is 27.5. The van der Waals surface area contributed by atoms with E-state index in [2.05, 4.69) is 10.2 Å². The van der Waals surface area contributed by atoms with Gasteiger partial charge in [-0.1, -0.05) is 77.6 Å². The molecule has 1 saturated heterocycles. The molecule has 3 aromatic carbocycles. The average molecular weight is 542 g/mol. The normalized spacial score (nSPS) is 16.5. The minimum Gasteiger partial charge on any atom is -0.507 e. The maximum absolute atomic E-state index is 13.4. The van der Waals surface area contributed by atoms with Crippen molar-refractivity contribution in [2.45, 2.75) is 33.4 Å². The lowest BCUT2D eigenvalue weighted by Gasteiger charge is -2.23. The Hall–Kier alpha value is -4.50. The number of rotatable bonds is 8. The largest absolute Gasteiger partial charge is 0.507 e. The number of aryl methyl sites for hydroxylation is 2. The quantitative estimate of drug-likeness (QED) is 0.172. The second kappa shape index (κ2) is 11.1. The van der Waals surface area contributed by atoms with Crippen LogP contribution in [-0.2, 0) is 16.2 Å². The van der Waals surface area contributed by atoms with Crippen molar-refractivity contribution >= 4 is 33.9 Å². The zero-order valence-corrected chi connectivity index (χ0v) is 22.6. The Labute approximate surface area is 230 Å². The van der Waals surface area contributed by atoms with E-state index in [4.69, 9.17) is 9.47 Å². The van der Waals surface area contributed by atoms with Gasteiger partial charge >= 0.3 is 5.91 Å². The number of aliphatic hydroxyl groups is 1. The number of Topliss-reactive ketones (excluding diaryl/α,β-unsaturated/α-hetero) is 1. The van der Waals surface area contributed by atoms with Crippen LogP contribution in [0.1, 0.15) is 40.2 Å². The summed E-state index contributed by atoms with van der Waals surface area (Å²) in [6, 6.07) is 21.2.